The molecule has 0 aliphatic heterocycles. The second-order valence-corrected chi connectivity index (χ2v) is 3.90. The summed E-state index contributed by atoms with van der Waals surface area (Å²) in [6, 6.07) is 6.65. The Balaban J connectivity index is 2.63. The van der Waals surface area contributed by atoms with Crippen LogP contribution in [0.1, 0.15) is 15.9 Å². The summed E-state index contributed by atoms with van der Waals surface area (Å²) in [7, 11) is 1.47. The van der Waals surface area contributed by atoms with Crippen molar-refractivity contribution in [1.82, 2.24) is 4.98 Å². The second kappa shape index (κ2) is 4.96. The highest BCUT2D eigenvalue weighted by molar-refractivity contribution is 5.80. The van der Waals surface area contributed by atoms with E-state index in [1.54, 1.807) is 18.2 Å². The van der Waals surface area contributed by atoms with Gasteiger partial charge in [0.05, 0.1) is 13.3 Å². The van der Waals surface area contributed by atoms with Crippen LogP contribution in [0, 0.1) is 12.7 Å². The van der Waals surface area contributed by atoms with Crippen molar-refractivity contribution in [2.75, 3.05) is 7.11 Å². The van der Waals surface area contributed by atoms with Crippen LogP contribution in [0.2, 0.25) is 0 Å². The number of ether oxygens (including phenoxy) is 1. The molecule has 0 radical (unpaired) electrons. The Bertz CT molecular complexity index is 596. The van der Waals surface area contributed by atoms with Crippen LogP contribution in [0.15, 0.2) is 30.5 Å². The lowest BCUT2D eigenvalue weighted by Gasteiger charge is -2.09. The van der Waals surface area contributed by atoms with Crippen LogP contribution in [-0.2, 0) is 0 Å². The fraction of sp³-hybridized carbons (Fsp3) is 0.143. The molecule has 2 aromatic rings. The van der Waals surface area contributed by atoms with E-state index in [0.29, 0.717) is 22.6 Å². The average Bonchev–Trinajstić information content (AvgIpc) is 2.40. The summed E-state index contributed by atoms with van der Waals surface area (Å²) >= 11 is 0. The zero-order valence-electron chi connectivity index (χ0n) is 10.1. The number of benzene rings is 1. The van der Waals surface area contributed by atoms with Crippen molar-refractivity contribution in [1.29, 1.82) is 0 Å². The van der Waals surface area contributed by atoms with E-state index in [1.807, 2.05) is 6.92 Å². The first kappa shape index (κ1) is 12.2. The van der Waals surface area contributed by atoms with Gasteiger partial charge in [0.15, 0.2) is 0 Å². The van der Waals surface area contributed by atoms with Crippen LogP contribution in [0.25, 0.3) is 11.1 Å². The minimum absolute atomic E-state index is 0.335. The van der Waals surface area contributed by atoms with Crippen LogP contribution in [0.3, 0.4) is 0 Å². The Morgan fingerprint density at radius 1 is 1.28 bits per heavy atom. The van der Waals surface area contributed by atoms with Crippen LogP contribution >= 0.6 is 0 Å². The highest BCUT2D eigenvalue weighted by Gasteiger charge is 2.11. The van der Waals surface area contributed by atoms with Gasteiger partial charge >= 0.3 is 0 Å². The first-order chi connectivity index (χ1) is 8.65. The van der Waals surface area contributed by atoms with E-state index in [0.717, 1.165) is 18.0 Å². The first-order valence-electron chi connectivity index (χ1n) is 5.41. The number of aldehydes is 1. The summed E-state index contributed by atoms with van der Waals surface area (Å²) in [6.45, 7) is 1.86. The number of nitrogens with zero attached hydrogens (tertiary/aromatic N) is 1. The normalized spacial score (nSPS) is 10.2. The summed E-state index contributed by atoms with van der Waals surface area (Å²) in [4.78, 5) is 14.6. The molecule has 0 aliphatic carbocycles. The number of carbonyl (C=O) groups excluding carboxylic acids is 1. The molecule has 0 aliphatic rings. The van der Waals surface area contributed by atoms with Crippen molar-refractivity contribution in [3.63, 3.8) is 0 Å². The molecule has 0 amide bonds. The van der Waals surface area contributed by atoms with Crippen molar-refractivity contribution >= 4 is 6.29 Å². The minimum atomic E-state index is -0.443. The molecule has 0 bridgehead atoms. The monoisotopic (exact) mass is 245 g/mol. The SMILES string of the molecule is COc1cc(-c2cc(C=O)ccc2C)c(F)cn1. The maximum atomic E-state index is 13.8. The van der Waals surface area contributed by atoms with Crippen LogP contribution in [-0.4, -0.2) is 18.4 Å². The molecule has 0 unspecified atom stereocenters. The summed E-state index contributed by atoms with van der Waals surface area (Å²) in [5.41, 5.74) is 2.43. The lowest BCUT2D eigenvalue weighted by atomic mass is 9.99. The highest BCUT2D eigenvalue weighted by atomic mass is 19.1. The molecule has 4 heteroatoms. The van der Waals surface area contributed by atoms with Gasteiger partial charge < -0.3 is 4.74 Å². The summed E-state index contributed by atoms with van der Waals surface area (Å²) in [6.07, 6.45) is 1.85. The van der Waals surface area contributed by atoms with E-state index < -0.39 is 5.82 Å². The maximum Gasteiger partial charge on any atom is 0.213 e. The number of aryl methyl sites for hydroxylation is 1. The van der Waals surface area contributed by atoms with Crippen LogP contribution < -0.4 is 4.74 Å². The van der Waals surface area contributed by atoms with Crippen molar-refractivity contribution in [3.05, 3.63) is 47.4 Å². The molecule has 1 aromatic carbocycles. The zero-order chi connectivity index (χ0) is 13.1. The quantitative estimate of drug-likeness (QED) is 0.780. The molecule has 2 rings (SSSR count). The van der Waals surface area contributed by atoms with Gasteiger partial charge in [-0.1, -0.05) is 12.1 Å². The fourth-order valence-corrected chi connectivity index (χ4v) is 1.74. The lowest BCUT2D eigenvalue weighted by molar-refractivity contribution is 0.112. The Morgan fingerprint density at radius 2 is 2.06 bits per heavy atom. The third-order valence-electron chi connectivity index (χ3n) is 2.73. The molecular weight excluding hydrogens is 233 g/mol. The third-order valence-corrected chi connectivity index (χ3v) is 2.73. The molecule has 0 fully saturated rings. The minimum Gasteiger partial charge on any atom is -0.481 e. The number of hydrogen-bond acceptors (Lipinski definition) is 3. The number of carbonyl (C=O) groups is 1. The first-order valence-corrected chi connectivity index (χ1v) is 5.41. The van der Waals surface area contributed by atoms with Gasteiger partial charge in [0.25, 0.3) is 0 Å². The predicted molar refractivity (Wildman–Crippen MR) is 66.3 cm³/mol. The van der Waals surface area contributed by atoms with Gasteiger partial charge in [-0.2, -0.15) is 0 Å². The molecule has 0 spiro atoms. The molecule has 0 saturated carbocycles. The van der Waals surface area contributed by atoms with Crippen LogP contribution in [0.5, 0.6) is 5.88 Å². The standard InChI is InChI=1S/C14H12FNO2/c1-9-3-4-10(8-17)5-11(9)12-6-14(18-2)16-7-13(12)15/h3-8H,1-2H3. The maximum absolute atomic E-state index is 13.8. The largest absolute Gasteiger partial charge is 0.481 e. The van der Waals surface area contributed by atoms with Crippen molar-refractivity contribution in [3.8, 4) is 17.0 Å². The molecule has 18 heavy (non-hydrogen) atoms. The Labute approximate surface area is 104 Å². The Kier molecular flexibility index (Phi) is 3.37. The third kappa shape index (κ3) is 2.22. The summed E-state index contributed by atoms with van der Waals surface area (Å²) in [5, 5.41) is 0. The van der Waals surface area contributed by atoms with Gasteiger partial charge in [0.2, 0.25) is 5.88 Å². The van der Waals surface area contributed by atoms with Crippen molar-refractivity contribution < 1.29 is 13.9 Å². The fourth-order valence-electron chi connectivity index (χ4n) is 1.74. The van der Waals surface area contributed by atoms with Crippen molar-refractivity contribution in [2.24, 2.45) is 0 Å². The molecule has 3 nitrogen and oxygen atoms in total. The Hall–Kier alpha value is -2.23. The predicted octanol–water partition coefficient (Wildman–Crippen LogP) is 3.02. The number of aromatic nitrogens is 1. The smallest absolute Gasteiger partial charge is 0.213 e. The second-order valence-electron chi connectivity index (χ2n) is 3.90. The summed E-state index contributed by atoms with van der Waals surface area (Å²) < 4.78 is 18.8. The average molecular weight is 245 g/mol. The van der Waals surface area contributed by atoms with Crippen molar-refractivity contribution in [2.45, 2.75) is 6.92 Å². The van der Waals surface area contributed by atoms with E-state index in [1.165, 1.54) is 13.2 Å². The van der Waals surface area contributed by atoms with E-state index in [4.69, 9.17) is 4.74 Å². The molecule has 1 heterocycles. The number of halogens is 1. The van der Waals surface area contributed by atoms with Gasteiger partial charge in [-0.05, 0) is 24.1 Å². The molecular formula is C14H12FNO2. The van der Waals surface area contributed by atoms with Gasteiger partial charge in [0.1, 0.15) is 12.1 Å². The van der Waals surface area contributed by atoms with E-state index in [2.05, 4.69) is 4.98 Å². The zero-order valence-corrected chi connectivity index (χ0v) is 10.1. The number of rotatable bonds is 3. The van der Waals surface area contributed by atoms with Gasteiger partial charge in [-0.25, -0.2) is 9.37 Å². The molecule has 92 valence electrons. The molecule has 1 aromatic heterocycles. The van der Waals surface area contributed by atoms with E-state index >= 15 is 0 Å². The lowest BCUT2D eigenvalue weighted by Crippen LogP contribution is -1.94. The van der Waals surface area contributed by atoms with Gasteiger partial charge in [-0.3, -0.25) is 4.79 Å². The van der Waals surface area contributed by atoms with E-state index in [-0.39, 0.29) is 0 Å². The topological polar surface area (TPSA) is 39.2 Å². The molecule has 0 N–H and O–H groups in total. The highest BCUT2D eigenvalue weighted by Crippen LogP contribution is 2.28. The Morgan fingerprint density at radius 3 is 2.72 bits per heavy atom. The summed E-state index contributed by atoms with van der Waals surface area (Å²) in [5.74, 6) is -0.107. The van der Waals surface area contributed by atoms with Gasteiger partial charge in [0, 0.05) is 17.2 Å². The van der Waals surface area contributed by atoms with E-state index in [9.17, 15) is 9.18 Å². The van der Waals surface area contributed by atoms with Crippen LogP contribution in [0.4, 0.5) is 4.39 Å². The number of hydrogen-bond donors (Lipinski definition) is 0. The molecule has 0 atom stereocenters. The molecule has 0 saturated heterocycles. The number of pyridine rings is 1. The number of methoxy groups -OCH3 is 1. The van der Waals surface area contributed by atoms with Gasteiger partial charge in [-0.15, -0.1) is 0 Å².